The molecule has 0 aromatic carbocycles. The van der Waals surface area contributed by atoms with Crippen molar-refractivity contribution >= 4 is 10.0 Å². The van der Waals surface area contributed by atoms with Crippen LogP contribution in [0.15, 0.2) is 12.4 Å². The van der Waals surface area contributed by atoms with E-state index >= 15 is 0 Å². The van der Waals surface area contributed by atoms with E-state index in [0.717, 1.165) is 24.2 Å². The molecule has 2 rings (SSSR count). The lowest BCUT2D eigenvalue weighted by molar-refractivity contribution is 0.393. The Bertz CT molecular complexity index is 487. The molecule has 0 amide bonds. The van der Waals surface area contributed by atoms with E-state index in [-0.39, 0.29) is 6.04 Å². The van der Waals surface area contributed by atoms with Crippen LogP contribution in [0.25, 0.3) is 0 Å². The summed E-state index contributed by atoms with van der Waals surface area (Å²) in [5.74, 6) is 0. The van der Waals surface area contributed by atoms with Crippen molar-refractivity contribution in [3.05, 3.63) is 23.8 Å². The van der Waals surface area contributed by atoms with E-state index in [4.69, 9.17) is 0 Å². The molecule has 1 fully saturated rings. The van der Waals surface area contributed by atoms with Crippen LogP contribution in [0.3, 0.4) is 0 Å². The lowest BCUT2D eigenvalue weighted by Crippen LogP contribution is -2.30. The molecule has 0 bridgehead atoms. The topological polar surface area (TPSA) is 63.2 Å². The first-order chi connectivity index (χ1) is 7.48. The minimum Gasteiger partial charge on any atom is -0.261 e. The zero-order valence-electron chi connectivity index (χ0n) is 9.42. The smallest absolute Gasteiger partial charge is 0.211 e. The molecule has 1 aromatic rings. The van der Waals surface area contributed by atoms with Crippen molar-refractivity contribution in [1.29, 1.82) is 0 Å². The van der Waals surface area contributed by atoms with Crippen LogP contribution in [0.2, 0.25) is 0 Å². The van der Waals surface area contributed by atoms with Crippen LogP contribution in [0, 0.1) is 6.92 Å². The van der Waals surface area contributed by atoms with Crippen LogP contribution in [-0.2, 0) is 10.0 Å². The summed E-state index contributed by atoms with van der Waals surface area (Å²) >= 11 is 0. The molecule has 1 atom stereocenters. The Morgan fingerprint density at radius 3 is 2.81 bits per heavy atom. The lowest BCUT2D eigenvalue weighted by atomic mass is 10.2. The predicted molar refractivity (Wildman–Crippen MR) is 60.3 cm³/mol. The maximum absolute atomic E-state index is 11.6. The van der Waals surface area contributed by atoms with Gasteiger partial charge in [0.25, 0.3) is 0 Å². The Kier molecular flexibility index (Phi) is 2.94. The minimum atomic E-state index is -3.15. The zero-order valence-corrected chi connectivity index (χ0v) is 10.2. The average Bonchev–Trinajstić information content (AvgIpc) is 2.65. The largest absolute Gasteiger partial charge is 0.261 e. The van der Waals surface area contributed by atoms with Crippen LogP contribution in [0.4, 0.5) is 0 Å². The maximum Gasteiger partial charge on any atom is 0.211 e. The second-order valence-electron chi connectivity index (χ2n) is 4.12. The van der Waals surface area contributed by atoms with Crippen molar-refractivity contribution < 1.29 is 8.42 Å². The molecule has 0 radical (unpaired) electrons. The molecule has 1 unspecified atom stereocenters. The predicted octanol–water partition coefficient (Wildman–Crippen LogP) is 0.882. The second-order valence-corrected chi connectivity index (χ2v) is 6.05. The number of nitrogens with zero attached hydrogens (tertiary/aromatic N) is 3. The van der Waals surface area contributed by atoms with E-state index in [1.54, 1.807) is 12.4 Å². The molecule has 2 heterocycles. The third-order valence-corrected chi connectivity index (χ3v) is 4.03. The fraction of sp³-hybridized carbons (Fsp3) is 0.600. The van der Waals surface area contributed by atoms with Gasteiger partial charge in [0, 0.05) is 12.7 Å². The number of hydrogen-bond donors (Lipinski definition) is 0. The number of hydrogen-bond acceptors (Lipinski definition) is 4. The van der Waals surface area contributed by atoms with Crippen LogP contribution in [-0.4, -0.2) is 35.5 Å². The SMILES string of the molecule is Cc1cncc(C2CCCN2S(C)(=O)=O)n1. The van der Waals surface area contributed by atoms with Crippen molar-refractivity contribution in [2.45, 2.75) is 25.8 Å². The number of aromatic nitrogens is 2. The summed E-state index contributed by atoms with van der Waals surface area (Å²) in [6.45, 7) is 2.44. The summed E-state index contributed by atoms with van der Waals surface area (Å²) in [6.07, 6.45) is 6.28. The van der Waals surface area contributed by atoms with Gasteiger partial charge in [-0.15, -0.1) is 0 Å². The van der Waals surface area contributed by atoms with E-state index in [9.17, 15) is 8.42 Å². The highest BCUT2D eigenvalue weighted by molar-refractivity contribution is 7.88. The Morgan fingerprint density at radius 1 is 1.44 bits per heavy atom. The van der Waals surface area contributed by atoms with Crippen molar-refractivity contribution in [2.75, 3.05) is 12.8 Å². The molecule has 6 heteroatoms. The summed E-state index contributed by atoms with van der Waals surface area (Å²) in [4.78, 5) is 8.41. The summed E-state index contributed by atoms with van der Waals surface area (Å²) in [5, 5.41) is 0. The molecule has 16 heavy (non-hydrogen) atoms. The van der Waals surface area contributed by atoms with Crippen LogP contribution < -0.4 is 0 Å². The third kappa shape index (κ3) is 2.22. The third-order valence-electron chi connectivity index (χ3n) is 2.74. The first kappa shape index (κ1) is 11.5. The molecule has 0 N–H and O–H groups in total. The number of aryl methyl sites for hydroxylation is 1. The van der Waals surface area contributed by atoms with Crippen LogP contribution in [0.1, 0.15) is 30.3 Å². The summed E-state index contributed by atoms with van der Waals surface area (Å²) in [6, 6.07) is -0.137. The van der Waals surface area contributed by atoms with Crippen molar-refractivity contribution in [3.8, 4) is 0 Å². The summed E-state index contributed by atoms with van der Waals surface area (Å²) in [7, 11) is -3.15. The van der Waals surface area contributed by atoms with Gasteiger partial charge in [-0.25, -0.2) is 8.42 Å². The molecule has 1 aliphatic heterocycles. The van der Waals surface area contributed by atoms with Crippen LogP contribution in [0.5, 0.6) is 0 Å². The molecule has 1 aromatic heterocycles. The molecule has 0 aliphatic carbocycles. The molecule has 1 saturated heterocycles. The van der Waals surface area contributed by atoms with E-state index in [2.05, 4.69) is 9.97 Å². The lowest BCUT2D eigenvalue weighted by Gasteiger charge is -2.21. The first-order valence-electron chi connectivity index (χ1n) is 5.24. The van der Waals surface area contributed by atoms with E-state index in [1.165, 1.54) is 10.6 Å². The fourth-order valence-corrected chi connectivity index (χ4v) is 3.21. The summed E-state index contributed by atoms with van der Waals surface area (Å²) in [5.41, 5.74) is 1.57. The van der Waals surface area contributed by atoms with Gasteiger partial charge in [0.15, 0.2) is 0 Å². The van der Waals surface area contributed by atoms with Gasteiger partial charge in [0.2, 0.25) is 10.0 Å². The van der Waals surface area contributed by atoms with Gasteiger partial charge >= 0.3 is 0 Å². The average molecular weight is 241 g/mol. The van der Waals surface area contributed by atoms with Gasteiger partial charge in [-0.1, -0.05) is 0 Å². The molecule has 1 aliphatic rings. The fourth-order valence-electron chi connectivity index (χ4n) is 2.08. The number of sulfonamides is 1. The van der Waals surface area contributed by atoms with Gasteiger partial charge in [-0.2, -0.15) is 4.31 Å². The minimum absolute atomic E-state index is 0.137. The highest BCUT2D eigenvalue weighted by Gasteiger charge is 2.33. The second kappa shape index (κ2) is 4.10. The van der Waals surface area contributed by atoms with Gasteiger partial charge in [0.05, 0.1) is 29.9 Å². The quantitative estimate of drug-likeness (QED) is 0.771. The van der Waals surface area contributed by atoms with E-state index in [0.29, 0.717) is 6.54 Å². The van der Waals surface area contributed by atoms with E-state index < -0.39 is 10.0 Å². The van der Waals surface area contributed by atoms with Gasteiger partial charge in [-0.3, -0.25) is 9.97 Å². The Balaban J connectivity index is 2.34. The van der Waals surface area contributed by atoms with Gasteiger partial charge in [-0.05, 0) is 19.8 Å². The van der Waals surface area contributed by atoms with Crippen molar-refractivity contribution in [1.82, 2.24) is 14.3 Å². The highest BCUT2D eigenvalue weighted by atomic mass is 32.2. The molecular formula is C10H15N3O2S. The molecular weight excluding hydrogens is 226 g/mol. The Hall–Kier alpha value is -1.01. The Morgan fingerprint density at radius 2 is 2.19 bits per heavy atom. The van der Waals surface area contributed by atoms with Gasteiger partial charge in [0.1, 0.15) is 0 Å². The summed E-state index contributed by atoms with van der Waals surface area (Å²) < 4.78 is 24.7. The maximum atomic E-state index is 11.6. The molecule has 0 saturated carbocycles. The monoisotopic (exact) mass is 241 g/mol. The molecule has 88 valence electrons. The van der Waals surface area contributed by atoms with Crippen molar-refractivity contribution in [3.63, 3.8) is 0 Å². The van der Waals surface area contributed by atoms with Gasteiger partial charge < -0.3 is 0 Å². The normalized spacial score (nSPS) is 22.5. The zero-order chi connectivity index (χ0) is 11.8. The Labute approximate surface area is 95.6 Å². The molecule has 0 spiro atoms. The van der Waals surface area contributed by atoms with E-state index in [1.807, 2.05) is 6.92 Å². The van der Waals surface area contributed by atoms with Crippen molar-refractivity contribution in [2.24, 2.45) is 0 Å². The molecule has 5 nitrogen and oxygen atoms in total. The van der Waals surface area contributed by atoms with Crippen LogP contribution >= 0.6 is 0 Å². The highest BCUT2D eigenvalue weighted by Crippen LogP contribution is 2.32. The first-order valence-corrected chi connectivity index (χ1v) is 7.08. The number of rotatable bonds is 2. The standard InChI is InChI=1S/C10H15N3O2S/c1-8-6-11-7-9(12-8)10-4-3-5-13(10)16(2,14)15/h6-7,10H,3-5H2,1-2H3.